The molecule has 0 bridgehead atoms. The summed E-state index contributed by atoms with van der Waals surface area (Å²) in [5.41, 5.74) is 1.01. The minimum absolute atomic E-state index is 0.801. The van der Waals surface area contributed by atoms with Crippen molar-refractivity contribution in [2.45, 2.75) is 13.8 Å². The minimum atomic E-state index is 0.801. The van der Waals surface area contributed by atoms with E-state index in [1.165, 1.54) is 0 Å². The largest absolute Gasteiger partial charge is 0.241 e. The summed E-state index contributed by atoms with van der Waals surface area (Å²) in [7, 11) is 0. The van der Waals surface area contributed by atoms with Gasteiger partial charge in [0.25, 0.3) is 0 Å². The second-order valence-electron chi connectivity index (χ2n) is 1.84. The predicted octanol–water partition coefficient (Wildman–Crippen LogP) is 1.36. The molecule has 2 nitrogen and oxygen atoms in total. The Morgan fingerprint density at radius 2 is 2.33 bits per heavy atom. The summed E-state index contributed by atoms with van der Waals surface area (Å²) in [6, 6.07) is 1.88. The van der Waals surface area contributed by atoms with Crippen LogP contribution in [0.15, 0.2) is 12.3 Å². The fourth-order valence-corrected chi connectivity index (χ4v) is 0.607. The van der Waals surface area contributed by atoms with Gasteiger partial charge in [0.2, 0.25) is 0 Å². The molecule has 0 aliphatic rings. The van der Waals surface area contributed by atoms with E-state index >= 15 is 0 Å². The van der Waals surface area contributed by atoms with Gasteiger partial charge in [0.1, 0.15) is 5.82 Å². The van der Waals surface area contributed by atoms with E-state index in [4.69, 9.17) is 0 Å². The number of hydrogen-bond acceptors (Lipinski definition) is 2. The molecule has 0 atom stereocenters. The van der Waals surface area contributed by atoms with Crippen molar-refractivity contribution in [1.82, 2.24) is 9.97 Å². The van der Waals surface area contributed by atoms with E-state index in [0.717, 1.165) is 11.5 Å². The zero-order chi connectivity index (χ0) is 6.69. The maximum Gasteiger partial charge on any atom is 0.132 e. The summed E-state index contributed by atoms with van der Waals surface area (Å²) in [5, 5.41) is 0. The summed E-state index contributed by atoms with van der Waals surface area (Å²) in [6.45, 7) is 3.88. The fourth-order valence-electron chi connectivity index (χ4n) is 0.607. The lowest BCUT2D eigenvalue weighted by molar-refractivity contribution is 1.02. The van der Waals surface area contributed by atoms with Gasteiger partial charge in [-0.3, -0.25) is 0 Å². The van der Waals surface area contributed by atoms with Crippen molar-refractivity contribution in [2.24, 2.45) is 0 Å². The smallest absolute Gasteiger partial charge is 0.132 e. The van der Waals surface area contributed by atoms with Crippen LogP contribution < -0.4 is 0 Å². The molecule has 0 amide bonds. The first-order chi connectivity index (χ1) is 4.33. The molecule has 0 N–H and O–H groups in total. The van der Waals surface area contributed by atoms with Crippen molar-refractivity contribution in [3.05, 3.63) is 30.2 Å². The molecule has 1 rings (SSSR count). The van der Waals surface area contributed by atoms with Crippen LogP contribution in [0, 0.1) is 13.3 Å². The number of rotatable bonds is 1. The van der Waals surface area contributed by atoms with Gasteiger partial charge in [0.15, 0.2) is 0 Å². The predicted molar refractivity (Wildman–Crippen MR) is 35.8 cm³/mol. The first kappa shape index (κ1) is 6.20. The van der Waals surface area contributed by atoms with Crippen molar-refractivity contribution >= 4 is 0 Å². The average molecular weight is 121 g/mol. The van der Waals surface area contributed by atoms with Crippen molar-refractivity contribution in [1.29, 1.82) is 0 Å². The van der Waals surface area contributed by atoms with E-state index < -0.39 is 0 Å². The van der Waals surface area contributed by atoms with Crippen molar-refractivity contribution in [2.75, 3.05) is 0 Å². The molecule has 2 heteroatoms. The Balaban J connectivity index is 2.94. The molecule has 1 aromatic rings. The Morgan fingerprint density at radius 1 is 1.56 bits per heavy atom. The Morgan fingerprint density at radius 3 is 2.78 bits per heavy atom. The van der Waals surface area contributed by atoms with Crippen LogP contribution >= 0.6 is 0 Å². The molecule has 47 valence electrons. The summed E-state index contributed by atoms with van der Waals surface area (Å²) < 4.78 is 0. The highest BCUT2D eigenvalue weighted by molar-refractivity contribution is 5.04. The Hall–Kier alpha value is -0.920. The summed E-state index contributed by atoms with van der Waals surface area (Å²) >= 11 is 0. The van der Waals surface area contributed by atoms with Crippen LogP contribution in [0.25, 0.3) is 0 Å². The molecule has 9 heavy (non-hydrogen) atoms. The lowest BCUT2D eigenvalue weighted by Gasteiger charge is -1.93. The SMILES string of the molecule is C[CH]c1nccc(C)n1. The monoisotopic (exact) mass is 121 g/mol. The molecule has 0 fully saturated rings. The number of aryl methyl sites for hydroxylation is 1. The normalized spacial score (nSPS) is 9.56. The third kappa shape index (κ3) is 1.49. The third-order valence-corrected chi connectivity index (χ3v) is 1.07. The van der Waals surface area contributed by atoms with Crippen molar-refractivity contribution in [3.8, 4) is 0 Å². The molecule has 1 radical (unpaired) electrons. The van der Waals surface area contributed by atoms with E-state index in [2.05, 4.69) is 9.97 Å². The Bertz CT molecular complexity index is 196. The number of aromatic nitrogens is 2. The van der Waals surface area contributed by atoms with E-state index in [1.54, 1.807) is 6.20 Å². The number of hydrogen-bond donors (Lipinski definition) is 0. The maximum absolute atomic E-state index is 4.12. The number of nitrogens with zero attached hydrogens (tertiary/aromatic N) is 2. The molecule has 0 spiro atoms. The van der Waals surface area contributed by atoms with Gasteiger partial charge in [0.05, 0.1) is 0 Å². The Kier molecular flexibility index (Phi) is 1.78. The van der Waals surface area contributed by atoms with Crippen molar-refractivity contribution in [3.63, 3.8) is 0 Å². The zero-order valence-electron chi connectivity index (χ0n) is 5.63. The van der Waals surface area contributed by atoms with Gasteiger partial charge in [-0.25, -0.2) is 9.97 Å². The molecule has 0 saturated carbocycles. The Labute approximate surface area is 55.0 Å². The molecular formula is C7H9N2. The maximum atomic E-state index is 4.12. The van der Waals surface area contributed by atoms with Crippen LogP contribution in [0.5, 0.6) is 0 Å². The van der Waals surface area contributed by atoms with Gasteiger partial charge >= 0.3 is 0 Å². The summed E-state index contributed by atoms with van der Waals surface area (Å²) in [6.07, 6.45) is 3.64. The van der Waals surface area contributed by atoms with E-state index in [-0.39, 0.29) is 0 Å². The van der Waals surface area contributed by atoms with Gasteiger partial charge in [-0.2, -0.15) is 0 Å². The molecule has 0 aromatic carbocycles. The standard InChI is InChI=1S/C7H9N2/c1-3-7-8-5-4-6(2)9-7/h3-5H,1-2H3. The molecule has 0 aliphatic heterocycles. The van der Waals surface area contributed by atoms with Crippen molar-refractivity contribution < 1.29 is 0 Å². The second-order valence-corrected chi connectivity index (χ2v) is 1.84. The first-order valence-electron chi connectivity index (χ1n) is 2.92. The lowest BCUT2D eigenvalue weighted by atomic mass is 10.4. The molecule has 1 heterocycles. The van der Waals surface area contributed by atoms with Gasteiger partial charge in [-0.05, 0) is 13.0 Å². The first-order valence-corrected chi connectivity index (χ1v) is 2.92. The van der Waals surface area contributed by atoms with Gasteiger partial charge < -0.3 is 0 Å². The van der Waals surface area contributed by atoms with Crippen LogP contribution in [0.2, 0.25) is 0 Å². The molecule has 1 aromatic heterocycles. The van der Waals surface area contributed by atoms with Crippen LogP contribution in [0.4, 0.5) is 0 Å². The molecular weight excluding hydrogens is 112 g/mol. The highest BCUT2D eigenvalue weighted by atomic mass is 14.9. The van der Waals surface area contributed by atoms with Gasteiger partial charge in [0, 0.05) is 18.3 Å². The highest BCUT2D eigenvalue weighted by Crippen LogP contribution is 1.94. The topological polar surface area (TPSA) is 25.8 Å². The van der Waals surface area contributed by atoms with Crippen LogP contribution in [0.1, 0.15) is 18.4 Å². The summed E-state index contributed by atoms with van der Waals surface area (Å²) in [4.78, 5) is 8.12. The molecule has 0 saturated heterocycles. The van der Waals surface area contributed by atoms with Crippen LogP contribution in [-0.4, -0.2) is 9.97 Å². The average Bonchev–Trinajstić information content (AvgIpc) is 1.88. The van der Waals surface area contributed by atoms with E-state index in [1.807, 2.05) is 26.3 Å². The lowest BCUT2D eigenvalue weighted by Crippen LogP contribution is -1.90. The van der Waals surface area contributed by atoms with E-state index in [0.29, 0.717) is 0 Å². The minimum Gasteiger partial charge on any atom is -0.241 e. The van der Waals surface area contributed by atoms with E-state index in [9.17, 15) is 0 Å². The van der Waals surface area contributed by atoms with Gasteiger partial charge in [-0.1, -0.05) is 6.92 Å². The fraction of sp³-hybridized carbons (Fsp3) is 0.286. The highest BCUT2D eigenvalue weighted by Gasteiger charge is 1.89. The second kappa shape index (κ2) is 2.58. The zero-order valence-corrected chi connectivity index (χ0v) is 5.63. The van der Waals surface area contributed by atoms with Gasteiger partial charge in [-0.15, -0.1) is 0 Å². The third-order valence-electron chi connectivity index (χ3n) is 1.07. The molecule has 0 aliphatic carbocycles. The van der Waals surface area contributed by atoms with Crippen LogP contribution in [0.3, 0.4) is 0 Å². The quantitative estimate of drug-likeness (QED) is 0.560. The molecule has 0 unspecified atom stereocenters. The summed E-state index contributed by atoms with van der Waals surface area (Å²) in [5.74, 6) is 0.801. The van der Waals surface area contributed by atoms with Crippen LogP contribution in [-0.2, 0) is 0 Å².